The summed E-state index contributed by atoms with van der Waals surface area (Å²) in [5.74, 6) is 11.4. The van der Waals surface area contributed by atoms with Gasteiger partial charge in [0.15, 0.2) is 5.84 Å². The second kappa shape index (κ2) is 3.12. The maximum atomic E-state index is 10.6. The Hall–Kier alpha value is -1.88. The maximum absolute atomic E-state index is 10.6. The highest BCUT2D eigenvalue weighted by Gasteiger charge is 2.23. The smallest absolute Gasteiger partial charge is 0.170 e. The van der Waals surface area contributed by atoms with Crippen molar-refractivity contribution in [3.8, 4) is 0 Å². The number of hydrazone groups is 1. The molecule has 1 heterocycles. The van der Waals surface area contributed by atoms with E-state index < -0.39 is 0 Å². The van der Waals surface area contributed by atoms with Crippen molar-refractivity contribution in [2.75, 3.05) is 0 Å². The monoisotopic (exact) mass is 190 g/mol. The van der Waals surface area contributed by atoms with Crippen LogP contribution < -0.4 is 11.7 Å². The Morgan fingerprint density at radius 1 is 1.50 bits per heavy atom. The molecule has 5 nitrogen and oxygen atoms in total. The third kappa shape index (κ3) is 1.14. The van der Waals surface area contributed by atoms with Crippen LogP contribution in [0.25, 0.3) is 0 Å². The van der Waals surface area contributed by atoms with Crippen molar-refractivity contribution in [2.24, 2.45) is 16.8 Å². The Balaban J connectivity index is 2.56. The van der Waals surface area contributed by atoms with E-state index in [0.717, 1.165) is 17.4 Å². The molecule has 1 aromatic carbocycles. The van der Waals surface area contributed by atoms with Crippen LogP contribution in [0.1, 0.15) is 21.5 Å². The van der Waals surface area contributed by atoms with E-state index in [9.17, 15) is 4.79 Å². The molecule has 2 rings (SSSR count). The topological polar surface area (TPSA) is 84.7 Å². The van der Waals surface area contributed by atoms with Gasteiger partial charge in [0.05, 0.1) is 6.54 Å². The predicted molar refractivity (Wildman–Crippen MR) is 52.3 cm³/mol. The van der Waals surface area contributed by atoms with Gasteiger partial charge >= 0.3 is 0 Å². The zero-order valence-electron chi connectivity index (χ0n) is 7.47. The Morgan fingerprint density at radius 2 is 2.29 bits per heavy atom. The molecule has 0 fully saturated rings. The molecule has 0 radical (unpaired) electrons. The third-order valence-corrected chi connectivity index (χ3v) is 2.25. The molecule has 14 heavy (non-hydrogen) atoms. The molecule has 4 N–H and O–H groups in total. The molecule has 0 saturated heterocycles. The molecule has 1 aromatic rings. The van der Waals surface area contributed by atoms with Crippen molar-refractivity contribution in [2.45, 2.75) is 6.54 Å². The molecule has 1 aliphatic heterocycles. The lowest BCUT2D eigenvalue weighted by atomic mass is 10.1. The second-order valence-corrected chi connectivity index (χ2v) is 3.12. The van der Waals surface area contributed by atoms with Gasteiger partial charge in [0.25, 0.3) is 0 Å². The van der Waals surface area contributed by atoms with Crippen molar-refractivity contribution in [3.05, 3.63) is 34.9 Å². The summed E-state index contributed by atoms with van der Waals surface area (Å²) in [6.45, 7) is 0.574. The van der Waals surface area contributed by atoms with E-state index >= 15 is 0 Å². The lowest BCUT2D eigenvalue weighted by molar-refractivity contribution is 0.112. The molecular formula is C9H10N4O. The number of benzene rings is 1. The Labute approximate surface area is 81.0 Å². The van der Waals surface area contributed by atoms with Crippen LogP contribution in [0, 0.1) is 0 Å². The summed E-state index contributed by atoms with van der Waals surface area (Å²) in [5.41, 5.74) is 2.46. The Morgan fingerprint density at radius 3 is 2.93 bits per heavy atom. The second-order valence-electron chi connectivity index (χ2n) is 3.12. The van der Waals surface area contributed by atoms with Gasteiger partial charge in [0, 0.05) is 11.1 Å². The van der Waals surface area contributed by atoms with Gasteiger partial charge in [0.2, 0.25) is 0 Å². The molecule has 5 heteroatoms. The van der Waals surface area contributed by atoms with Crippen LogP contribution in [0.4, 0.5) is 0 Å². The minimum absolute atomic E-state index is 0.517. The molecule has 0 amide bonds. The summed E-state index contributed by atoms with van der Waals surface area (Å²) < 4.78 is 0. The van der Waals surface area contributed by atoms with Gasteiger partial charge in [-0.15, -0.1) is 0 Å². The molecule has 0 atom stereocenters. The number of hydrogen-bond acceptors (Lipinski definition) is 4. The van der Waals surface area contributed by atoms with Crippen LogP contribution in [-0.4, -0.2) is 17.1 Å². The Bertz CT molecular complexity index is 413. The SMILES string of the molecule is N/N=C1/c2cc(C=O)ccc2CN1N. The average Bonchev–Trinajstić information content (AvgIpc) is 2.52. The van der Waals surface area contributed by atoms with Gasteiger partial charge in [0.1, 0.15) is 6.29 Å². The summed E-state index contributed by atoms with van der Waals surface area (Å²) in [7, 11) is 0. The number of nitrogens with zero attached hydrogens (tertiary/aromatic N) is 2. The fraction of sp³-hybridized carbons (Fsp3) is 0.111. The standard InChI is InChI=1S/C9H10N4O/c10-12-9-8-3-6(5-14)1-2-7(8)4-13(9)11/h1-3,5H,4,10-11H2/b12-9-. The van der Waals surface area contributed by atoms with E-state index in [2.05, 4.69) is 5.10 Å². The van der Waals surface area contributed by atoms with Crippen molar-refractivity contribution in [1.29, 1.82) is 0 Å². The fourth-order valence-electron chi connectivity index (χ4n) is 1.57. The first-order valence-corrected chi connectivity index (χ1v) is 4.15. The molecule has 0 unspecified atom stereocenters. The van der Waals surface area contributed by atoms with Gasteiger partial charge in [-0.3, -0.25) is 9.80 Å². The van der Waals surface area contributed by atoms with E-state index in [1.807, 2.05) is 6.07 Å². The zero-order valence-corrected chi connectivity index (χ0v) is 7.47. The van der Waals surface area contributed by atoms with Gasteiger partial charge in [-0.25, -0.2) is 5.84 Å². The maximum Gasteiger partial charge on any atom is 0.170 e. The van der Waals surface area contributed by atoms with Crippen LogP contribution in [0.3, 0.4) is 0 Å². The number of nitrogens with two attached hydrogens (primary N) is 2. The summed E-state index contributed by atoms with van der Waals surface area (Å²) in [5, 5.41) is 5.04. The highest BCUT2D eigenvalue weighted by atomic mass is 16.1. The largest absolute Gasteiger partial charge is 0.321 e. The summed E-state index contributed by atoms with van der Waals surface area (Å²) in [6.07, 6.45) is 0.785. The highest BCUT2D eigenvalue weighted by molar-refractivity contribution is 6.03. The van der Waals surface area contributed by atoms with Gasteiger partial charge in [-0.1, -0.05) is 12.1 Å². The number of carbonyl (C=O) groups is 1. The summed E-state index contributed by atoms with van der Waals surface area (Å²) >= 11 is 0. The highest BCUT2D eigenvalue weighted by Crippen LogP contribution is 2.21. The van der Waals surface area contributed by atoms with E-state index in [4.69, 9.17) is 11.7 Å². The number of hydrazine groups is 1. The first-order valence-electron chi connectivity index (χ1n) is 4.15. The lowest BCUT2D eigenvalue weighted by Crippen LogP contribution is -2.32. The van der Waals surface area contributed by atoms with Crippen molar-refractivity contribution >= 4 is 12.1 Å². The molecule has 72 valence electrons. The number of carbonyl (C=O) groups excluding carboxylic acids is 1. The van der Waals surface area contributed by atoms with E-state index in [-0.39, 0.29) is 0 Å². The first-order chi connectivity index (χ1) is 6.76. The molecular weight excluding hydrogens is 180 g/mol. The molecule has 0 bridgehead atoms. The third-order valence-electron chi connectivity index (χ3n) is 2.25. The number of aldehydes is 1. The summed E-state index contributed by atoms with van der Waals surface area (Å²) in [4.78, 5) is 10.6. The van der Waals surface area contributed by atoms with E-state index in [1.165, 1.54) is 5.01 Å². The molecule has 0 saturated carbocycles. The van der Waals surface area contributed by atoms with Crippen LogP contribution >= 0.6 is 0 Å². The van der Waals surface area contributed by atoms with E-state index in [0.29, 0.717) is 17.9 Å². The van der Waals surface area contributed by atoms with Gasteiger partial charge in [-0.2, -0.15) is 5.10 Å². The quantitative estimate of drug-likeness (QED) is 0.365. The number of hydrogen-bond donors (Lipinski definition) is 2. The zero-order chi connectivity index (χ0) is 10.1. The lowest BCUT2D eigenvalue weighted by Gasteiger charge is -2.08. The number of fused-ring (bicyclic) bond motifs is 1. The van der Waals surface area contributed by atoms with Crippen LogP contribution in [0.15, 0.2) is 23.3 Å². The van der Waals surface area contributed by atoms with Crippen molar-refractivity contribution in [3.63, 3.8) is 0 Å². The van der Waals surface area contributed by atoms with Gasteiger partial charge < -0.3 is 5.84 Å². The molecule has 0 aromatic heterocycles. The molecule has 1 aliphatic rings. The fourth-order valence-corrected chi connectivity index (χ4v) is 1.57. The van der Waals surface area contributed by atoms with Crippen LogP contribution in [0.2, 0.25) is 0 Å². The minimum Gasteiger partial charge on any atom is -0.321 e. The Kier molecular flexibility index (Phi) is 1.94. The predicted octanol–water partition coefficient (Wildman–Crippen LogP) is -0.191. The van der Waals surface area contributed by atoms with Crippen molar-refractivity contribution < 1.29 is 4.79 Å². The van der Waals surface area contributed by atoms with Crippen LogP contribution in [0.5, 0.6) is 0 Å². The van der Waals surface area contributed by atoms with E-state index in [1.54, 1.807) is 12.1 Å². The number of amidine groups is 1. The van der Waals surface area contributed by atoms with Crippen LogP contribution in [-0.2, 0) is 6.54 Å². The molecule has 0 spiro atoms. The number of rotatable bonds is 1. The average molecular weight is 190 g/mol. The normalized spacial score (nSPS) is 17.2. The summed E-state index contributed by atoms with van der Waals surface area (Å²) in [6, 6.07) is 5.34. The van der Waals surface area contributed by atoms with Crippen molar-refractivity contribution in [1.82, 2.24) is 5.01 Å². The first kappa shape index (κ1) is 8.71. The molecule has 0 aliphatic carbocycles. The minimum atomic E-state index is 0.517. The van der Waals surface area contributed by atoms with Gasteiger partial charge in [-0.05, 0) is 11.6 Å².